The van der Waals surface area contributed by atoms with Crippen LogP contribution in [0.1, 0.15) is 6.42 Å². The lowest BCUT2D eigenvalue weighted by molar-refractivity contribution is 0.256. The number of fused-ring (bicyclic) bond motifs is 1. The van der Waals surface area contributed by atoms with Crippen molar-refractivity contribution in [3.63, 3.8) is 0 Å². The molecule has 1 saturated heterocycles. The highest BCUT2D eigenvalue weighted by molar-refractivity contribution is 7.17. The van der Waals surface area contributed by atoms with E-state index in [4.69, 9.17) is 5.73 Å². The third-order valence-electron chi connectivity index (χ3n) is 3.71. The molecule has 0 unspecified atom stereocenters. The number of hydrogen-bond donors (Lipinski definition) is 1. The predicted octanol–water partition coefficient (Wildman–Crippen LogP) is 1.77. The SMILES string of the molecule is NCCCN1CCN(c2nccc3sccc23)CC1. The third kappa shape index (κ3) is 2.73. The van der Waals surface area contributed by atoms with Gasteiger partial charge in [0.25, 0.3) is 0 Å². The fraction of sp³-hybridized carbons (Fsp3) is 0.500. The van der Waals surface area contributed by atoms with Crippen LogP contribution in [-0.2, 0) is 0 Å². The summed E-state index contributed by atoms with van der Waals surface area (Å²) in [7, 11) is 0. The van der Waals surface area contributed by atoms with Crippen molar-refractivity contribution in [2.24, 2.45) is 5.73 Å². The van der Waals surface area contributed by atoms with E-state index in [0.29, 0.717) is 0 Å². The first kappa shape index (κ1) is 12.8. The minimum absolute atomic E-state index is 0.788. The monoisotopic (exact) mass is 276 g/mol. The first-order valence-electron chi connectivity index (χ1n) is 6.88. The Bertz CT molecular complexity index is 531. The Morgan fingerprint density at radius 3 is 2.84 bits per heavy atom. The van der Waals surface area contributed by atoms with Gasteiger partial charge < -0.3 is 10.6 Å². The summed E-state index contributed by atoms with van der Waals surface area (Å²) in [4.78, 5) is 9.49. The van der Waals surface area contributed by atoms with Crippen molar-refractivity contribution in [2.75, 3.05) is 44.2 Å². The van der Waals surface area contributed by atoms with Gasteiger partial charge in [-0.15, -0.1) is 11.3 Å². The summed E-state index contributed by atoms with van der Waals surface area (Å²) in [5, 5.41) is 3.44. The van der Waals surface area contributed by atoms with Crippen LogP contribution in [0.15, 0.2) is 23.7 Å². The van der Waals surface area contributed by atoms with E-state index in [1.165, 1.54) is 10.1 Å². The number of nitrogens with two attached hydrogens (primary N) is 1. The van der Waals surface area contributed by atoms with Crippen LogP contribution in [0, 0.1) is 0 Å². The highest BCUT2D eigenvalue weighted by Gasteiger charge is 2.19. The summed E-state index contributed by atoms with van der Waals surface area (Å²) in [6, 6.07) is 4.28. The van der Waals surface area contributed by atoms with Gasteiger partial charge in [-0.25, -0.2) is 4.98 Å². The maximum Gasteiger partial charge on any atom is 0.137 e. The maximum absolute atomic E-state index is 5.57. The Hall–Kier alpha value is -1.17. The van der Waals surface area contributed by atoms with Crippen LogP contribution in [0.2, 0.25) is 0 Å². The van der Waals surface area contributed by atoms with Crippen LogP contribution in [0.5, 0.6) is 0 Å². The van der Waals surface area contributed by atoms with Crippen molar-refractivity contribution in [2.45, 2.75) is 6.42 Å². The molecule has 0 aliphatic carbocycles. The van der Waals surface area contributed by atoms with Gasteiger partial charge in [-0.1, -0.05) is 0 Å². The van der Waals surface area contributed by atoms with Gasteiger partial charge in [0.1, 0.15) is 5.82 Å². The van der Waals surface area contributed by atoms with E-state index in [1.807, 2.05) is 6.20 Å². The lowest BCUT2D eigenvalue weighted by Gasteiger charge is -2.35. The van der Waals surface area contributed by atoms with Crippen LogP contribution in [-0.4, -0.2) is 49.2 Å². The Balaban J connectivity index is 1.69. The van der Waals surface area contributed by atoms with Gasteiger partial charge in [-0.2, -0.15) is 0 Å². The van der Waals surface area contributed by atoms with Gasteiger partial charge in [0.2, 0.25) is 0 Å². The number of piperazine rings is 1. The Labute approximate surface area is 117 Å². The largest absolute Gasteiger partial charge is 0.354 e. The minimum Gasteiger partial charge on any atom is -0.354 e. The van der Waals surface area contributed by atoms with Gasteiger partial charge >= 0.3 is 0 Å². The quantitative estimate of drug-likeness (QED) is 0.924. The van der Waals surface area contributed by atoms with E-state index >= 15 is 0 Å². The molecule has 2 N–H and O–H groups in total. The predicted molar refractivity (Wildman–Crippen MR) is 81.9 cm³/mol. The number of rotatable bonds is 4. The molecule has 3 rings (SSSR count). The molecular formula is C14H20N4S. The van der Waals surface area contributed by atoms with Gasteiger partial charge in [0, 0.05) is 42.5 Å². The summed E-state index contributed by atoms with van der Waals surface area (Å²) in [5.41, 5.74) is 5.57. The summed E-state index contributed by atoms with van der Waals surface area (Å²) in [6.07, 6.45) is 3.02. The zero-order valence-corrected chi connectivity index (χ0v) is 11.9. The van der Waals surface area contributed by atoms with Crippen LogP contribution < -0.4 is 10.6 Å². The molecule has 0 radical (unpaired) electrons. The average molecular weight is 276 g/mol. The fourth-order valence-corrected chi connectivity index (χ4v) is 3.41. The van der Waals surface area contributed by atoms with Crippen molar-refractivity contribution in [1.29, 1.82) is 0 Å². The summed E-state index contributed by atoms with van der Waals surface area (Å²) in [5.74, 6) is 1.15. The number of aromatic nitrogens is 1. The molecule has 0 atom stereocenters. The third-order valence-corrected chi connectivity index (χ3v) is 4.59. The van der Waals surface area contributed by atoms with Gasteiger partial charge in [0.05, 0.1) is 0 Å². The molecule has 19 heavy (non-hydrogen) atoms. The number of hydrogen-bond acceptors (Lipinski definition) is 5. The molecule has 1 aliphatic rings. The van der Waals surface area contributed by atoms with E-state index < -0.39 is 0 Å². The van der Waals surface area contributed by atoms with Crippen LogP contribution in [0.4, 0.5) is 5.82 Å². The number of anilines is 1. The minimum atomic E-state index is 0.788. The molecular weight excluding hydrogens is 256 g/mol. The molecule has 0 saturated carbocycles. The fourth-order valence-electron chi connectivity index (χ4n) is 2.63. The van der Waals surface area contributed by atoms with E-state index in [9.17, 15) is 0 Å². The molecule has 2 aromatic rings. The maximum atomic E-state index is 5.57. The number of thiophene rings is 1. The molecule has 0 amide bonds. The normalized spacial score (nSPS) is 17.2. The first-order valence-corrected chi connectivity index (χ1v) is 7.76. The molecule has 0 spiro atoms. The highest BCUT2D eigenvalue weighted by atomic mass is 32.1. The molecule has 0 bridgehead atoms. The Morgan fingerprint density at radius 2 is 2.05 bits per heavy atom. The molecule has 4 nitrogen and oxygen atoms in total. The van der Waals surface area contributed by atoms with Crippen molar-refractivity contribution in [3.05, 3.63) is 23.7 Å². The second-order valence-electron chi connectivity index (χ2n) is 4.94. The molecule has 0 aromatic carbocycles. The summed E-state index contributed by atoms with van der Waals surface area (Å²) in [6.45, 7) is 6.26. The summed E-state index contributed by atoms with van der Waals surface area (Å²) >= 11 is 1.79. The zero-order valence-electron chi connectivity index (χ0n) is 11.1. The number of pyridine rings is 1. The van der Waals surface area contributed by atoms with E-state index in [2.05, 4.69) is 32.3 Å². The topological polar surface area (TPSA) is 45.4 Å². The highest BCUT2D eigenvalue weighted by Crippen LogP contribution is 2.28. The van der Waals surface area contributed by atoms with Gasteiger partial charge in [-0.3, -0.25) is 4.90 Å². The molecule has 3 heterocycles. The first-order chi connectivity index (χ1) is 9.38. The van der Waals surface area contributed by atoms with E-state index in [0.717, 1.165) is 51.5 Å². The van der Waals surface area contributed by atoms with E-state index in [-0.39, 0.29) is 0 Å². The zero-order chi connectivity index (χ0) is 13.1. The van der Waals surface area contributed by atoms with Crippen LogP contribution in [0.25, 0.3) is 10.1 Å². The van der Waals surface area contributed by atoms with Crippen molar-refractivity contribution < 1.29 is 0 Å². The molecule has 2 aromatic heterocycles. The Morgan fingerprint density at radius 1 is 1.21 bits per heavy atom. The van der Waals surface area contributed by atoms with E-state index in [1.54, 1.807) is 11.3 Å². The smallest absolute Gasteiger partial charge is 0.137 e. The summed E-state index contributed by atoms with van der Waals surface area (Å²) < 4.78 is 1.33. The van der Waals surface area contributed by atoms with Crippen LogP contribution in [0.3, 0.4) is 0 Å². The lowest BCUT2D eigenvalue weighted by atomic mass is 10.2. The van der Waals surface area contributed by atoms with Crippen molar-refractivity contribution in [3.8, 4) is 0 Å². The second kappa shape index (κ2) is 5.86. The van der Waals surface area contributed by atoms with Crippen molar-refractivity contribution in [1.82, 2.24) is 9.88 Å². The van der Waals surface area contributed by atoms with Crippen LogP contribution >= 0.6 is 11.3 Å². The second-order valence-corrected chi connectivity index (χ2v) is 5.89. The van der Waals surface area contributed by atoms with Gasteiger partial charge in [-0.05, 0) is 37.0 Å². The average Bonchev–Trinajstić information content (AvgIpc) is 2.94. The number of nitrogens with zero attached hydrogens (tertiary/aromatic N) is 3. The molecule has 5 heteroatoms. The standard InChI is InChI=1S/C14H20N4S/c15-4-1-6-17-7-9-18(10-8-17)14-12-3-11-19-13(12)2-5-16-14/h2-3,5,11H,1,4,6-10,15H2. The van der Waals surface area contributed by atoms with Crippen molar-refractivity contribution >= 4 is 27.2 Å². The van der Waals surface area contributed by atoms with Gasteiger partial charge in [0.15, 0.2) is 0 Å². The lowest BCUT2D eigenvalue weighted by Crippen LogP contribution is -2.47. The Kier molecular flexibility index (Phi) is 3.96. The molecule has 1 fully saturated rings. The molecule has 1 aliphatic heterocycles. The molecule has 102 valence electrons.